The summed E-state index contributed by atoms with van der Waals surface area (Å²) >= 11 is 0. The zero-order valence-corrected chi connectivity index (χ0v) is 13.2. The lowest BCUT2D eigenvalue weighted by Crippen LogP contribution is -2.42. The van der Waals surface area contributed by atoms with Crippen LogP contribution in [0.3, 0.4) is 0 Å². The molecule has 19 heavy (non-hydrogen) atoms. The van der Waals surface area contributed by atoms with Crippen LogP contribution in [0.25, 0.3) is 0 Å². The van der Waals surface area contributed by atoms with Crippen molar-refractivity contribution in [2.75, 3.05) is 11.5 Å². The minimum atomic E-state index is -2.84. The molecule has 0 aromatic rings. The molecule has 0 heterocycles. The van der Waals surface area contributed by atoms with E-state index in [1.165, 1.54) is 32.1 Å². The summed E-state index contributed by atoms with van der Waals surface area (Å²) in [7, 11) is -2.84. The molecule has 0 spiro atoms. The summed E-state index contributed by atoms with van der Waals surface area (Å²) in [5, 5.41) is 0. The number of nitrogens with two attached hydrogens (primary N) is 1. The molecule has 1 rings (SSSR count). The number of hydrazine groups is 1. The van der Waals surface area contributed by atoms with Crippen LogP contribution in [-0.2, 0) is 9.84 Å². The first-order valence-electron chi connectivity index (χ1n) is 7.69. The van der Waals surface area contributed by atoms with Crippen molar-refractivity contribution in [3.05, 3.63) is 0 Å². The Labute approximate surface area is 118 Å². The van der Waals surface area contributed by atoms with Crippen molar-refractivity contribution in [1.29, 1.82) is 0 Å². The summed E-state index contributed by atoms with van der Waals surface area (Å²) in [6, 6.07) is 0.279. The first-order chi connectivity index (χ1) is 9.02. The van der Waals surface area contributed by atoms with Gasteiger partial charge in [-0.2, -0.15) is 0 Å². The first-order valence-corrected chi connectivity index (χ1v) is 9.51. The average Bonchev–Trinajstić information content (AvgIpc) is 2.43. The maximum absolute atomic E-state index is 11.5. The molecule has 0 aromatic heterocycles. The number of rotatable bonds is 8. The largest absolute Gasteiger partial charge is 0.271 e. The third-order valence-corrected chi connectivity index (χ3v) is 6.38. The molecule has 3 unspecified atom stereocenters. The monoisotopic (exact) mass is 290 g/mol. The summed E-state index contributed by atoms with van der Waals surface area (Å²) in [4.78, 5) is 0. The SMILES string of the molecule is CCC1CCCC(C(CCCS(=O)(=O)CC)NN)C1. The van der Waals surface area contributed by atoms with E-state index >= 15 is 0 Å². The van der Waals surface area contributed by atoms with Crippen LogP contribution in [0.15, 0.2) is 0 Å². The fraction of sp³-hybridized carbons (Fsp3) is 1.00. The Bertz CT molecular complexity index is 343. The van der Waals surface area contributed by atoms with Crippen LogP contribution in [0.5, 0.6) is 0 Å². The Morgan fingerprint density at radius 3 is 2.63 bits per heavy atom. The van der Waals surface area contributed by atoms with E-state index in [1.807, 2.05) is 0 Å². The maximum atomic E-state index is 11.5. The first kappa shape index (κ1) is 16.9. The second-order valence-electron chi connectivity index (χ2n) is 5.85. The Morgan fingerprint density at radius 2 is 2.05 bits per heavy atom. The summed E-state index contributed by atoms with van der Waals surface area (Å²) in [6.07, 6.45) is 7.94. The predicted molar refractivity (Wildman–Crippen MR) is 80.4 cm³/mol. The van der Waals surface area contributed by atoms with Gasteiger partial charge < -0.3 is 0 Å². The normalized spacial score (nSPS) is 26.3. The molecule has 0 bridgehead atoms. The van der Waals surface area contributed by atoms with E-state index in [4.69, 9.17) is 5.84 Å². The molecule has 0 radical (unpaired) electrons. The molecular formula is C14H30N2O2S. The number of hydrogen-bond donors (Lipinski definition) is 2. The van der Waals surface area contributed by atoms with Crippen LogP contribution < -0.4 is 11.3 Å². The van der Waals surface area contributed by atoms with E-state index in [0.717, 1.165) is 18.8 Å². The van der Waals surface area contributed by atoms with Gasteiger partial charge in [0.15, 0.2) is 0 Å². The molecule has 0 aliphatic heterocycles. The third kappa shape index (κ3) is 5.79. The number of sulfone groups is 1. The van der Waals surface area contributed by atoms with Crippen LogP contribution in [0, 0.1) is 11.8 Å². The van der Waals surface area contributed by atoms with Crippen molar-refractivity contribution in [2.24, 2.45) is 17.7 Å². The fourth-order valence-corrected chi connectivity index (χ4v) is 4.09. The highest BCUT2D eigenvalue weighted by atomic mass is 32.2. The van der Waals surface area contributed by atoms with E-state index in [9.17, 15) is 8.42 Å². The van der Waals surface area contributed by atoms with E-state index in [1.54, 1.807) is 6.92 Å². The van der Waals surface area contributed by atoms with Gasteiger partial charge in [0, 0.05) is 11.8 Å². The van der Waals surface area contributed by atoms with Gasteiger partial charge in [0.2, 0.25) is 0 Å². The second-order valence-corrected chi connectivity index (χ2v) is 8.33. The highest BCUT2D eigenvalue weighted by Crippen LogP contribution is 2.33. The Hall–Kier alpha value is -0.130. The van der Waals surface area contributed by atoms with Gasteiger partial charge in [0.05, 0.1) is 5.75 Å². The van der Waals surface area contributed by atoms with Crippen molar-refractivity contribution >= 4 is 9.84 Å². The molecule has 1 fully saturated rings. The molecule has 3 atom stereocenters. The van der Waals surface area contributed by atoms with Gasteiger partial charge in [-0.1, -0.05) is 33.1 Å². The van der Waals surface area contributed by atoms with Crippen LogP contribution in [0.2, 0.25) is 0 Å². The highest BCUT2D eigenvalue weighted by molar-refractivity contribution is 7.91. The topological polar surface area (TPSA) is 72.2 Å². The van der Waals surface area contributed by atoms with Crippen LogP contribution in [0.4, 0.5) is 0 Å². The van der Waals surface area contributed by atoms with Gasteiger partial charge >= 0.3 is 0 Å². The summed E-state index contributed by atoms with van der Waals surface area (Å²) in [6.45, 7) is 3.97. The van der Waals surface area contributed by atoms with Crippen molar-refractivity contribution in [3.8, 4) is 0 Å². The standard InChI is InChI=1S/C14H30N2O2S/c1-3-12-7-5-8-13(11-12)14(16-15)9-6-10-19(17,18)4-2/h12-14,16H,3-11,15H2,1-2H3. The molecule has 5 heteroatoms. The fourth-order valence-electron chi connectivity index (χ4n) is 3.19. The van der Waals surface area contributed by atoms with Gasteiger partial charge in [-0.15, -0.1) is 0 Å². The Morgan fingerprint density at radius 1 is 1.32 bits per heavy atom. The Kier molecular flexibility index (Phi) is 7.32. The summed E-state index contributed by atoms with van der Waals surface area (Å²) in [5.41, 5.74) is 2.93. The molecular weight excluding hydrogens is 260 g/mol. The smallest absolute Gasteiger partial charge is 0.150 e. The van der Waals surface area contributed by atoms with Crippen LogP contribution in [0.1, 0.15) is 58.8 Å². The molecule has 1 saturated carbocycles. The quantitative estimate of drug-likeness (QED) is 0.531. The lowest BCUT2D eigenvalue weighted by atomic mass is 9.76. The average molecular weight is 290 g/mol. The molecule has 1 aliphatic carbocycles. The predicted octanol–water partition coefficient (Wildman–Crippen LogP) is 2.25. The summed E-state index contributed by atoms with van der Waals surface area (Å²) < 4.78 is 23.0. The van der Waals surface area contributed by atoms with Crippen molar-refractivity contribution in [2.45, 2.75) is 64.8 Å². The molecule has 0 amide bonds. The molecule has 1 aliphatic rings. The van der Waals surface area contributed by atoms with Crippen molar-refractivity contribution in [1.82, 2.24) is 5.43 Å². The number of hydrogen-bond acceptors (Lipinski definition) is 4. The van der Waals surface area contributed by atoms with Gasteiger partial charge in [-0.25, -0.2) is 8.42 Å². The zero-order chi connectivity index (χ0) is 14.3. The number of nitrogens with one attached hydrogen (secondary N) is 1. The third-order valence-electron chi connectivity index (χ3n) is 4.59. The molecule has 0 saturated heterocycles. The van der Waals surface area contributed by atoms with Gasteiger partial charge in [-0.05, 0) is 37.5 Å². The second kappa shape index (κ2) is 8.22. The lowest BCUT2D eigenvalue weighted by molar-refractivity contribution is 0.202. The van der Waals surface area contributed by atoms with Crippen molar-refractivity contribution in [3.63, 3.8) is 0 Å². The molecule has 114 valence electrons. The molecule has 3 N–H and O–H groups in total. The van der Waals surface area contributed by atoms with Gasteiger partial charge in [0.1, 0.15) is 9.84 Å². The van der Waals surface area contributed by atoms with Gasteiger partial charge in [-0.3, -0.25) is 11.3 Å². The van der Waals surface area contributed by atoms with Crippen LogP contribution >= 0.6 is 0 Å². The zero-order valence-electron chi connectivity index (χ0n) is 12.4. The lowest BCUT2D eigenvalue weighted by Gasteiger charge is -2.34. The Balaban J connectivity index is 2.40. The highest BCUT2D eigenvalue weighted by Gasteiger charge is 2.27. The molecule has 0 aromatic carbocycles. The summed E-state index contributed by atoms with van der Waals surface area (Å²) in [5.74, 6) is 7.66. The van der Waals surface area contributed by atoms with E-state index < -0.39 is 9.84 Å². The van der Waals surface area contributed by atoms with Crippen LogP contribution in [-0.4, -0.2) is 26.0 Å². The van der Waals surface area contributed by atoms with E-state index in [2.05, 4.69) is 12.3 Å². The van der Waals surface area contributed by atoms with E-state index in [-0.39, 0.29) is 11.8 Å². The molecule has 4 nitrogen and oxygen atoms in total. The minimum Gasteiger partial charge on any atom is -0.271 e. The maximum Gasteiger partial charge on any atom is 0.150 e. The van der Waals surface area contributed by atoms with Crippen molar-refractivity contribution < 1.29 is 8.42 Å². The van der Waals surface area contributed by atoms with Gasteiger partial charge in [0.25, 0.3) is 0 Å². The minimum absolute atomic E-state index is 0.245. The van der Waals surface area contributed by atoms with E-state index in [0.29, 0.717) is 11.7 Å².